The molecule has 2 aromatic heterocycles. The van der Waals surface area contributed by atoms with E-state index in [9.17, 15) is 14.0 Å². The zero-order chi connectivity index (χ0) is 20.5. The van der Waals surface area contributed by atoms with Crippen LogP contribution in [-0.4, -0.2) is 33.1 Å². The van der Waals surface area contributed by atoms with E-state index >= 15 is 0 Å². The number of hydrogen-bond acceptors (Lipinski definition) is 6. The molecule has 0 spiro atoms. The van der Waals surface area contributed by atoms with Crippen molar-refractivity contribution in [2.24, 2.45) is 0 Å². The summed E-state index contributed by atoms with van der Waals surface area (Å²) < 4.78 is 15.1. The fourth-order valence-electron chi connectivity index (χ4n) is 3.42. The zero-order valence-electron chi connectivity index (χ0n) is 15.7. The van der Waals surface area contributed by atoms with Crippen molar-refractivity contribution < 1.29 is 9.18 Å². The van der Waals surface area contributed by atoms with Gasteiger partial charge in [0.2, 0.25) is 21.8 Å². The summed E-state index contributed by atoms with van der Waals surface area (Å²) in [6.07, 6.45) is 1.81. The minimum atomic E-state index is -0.877. The minimum absolute atomic E-state index is 0.126. The van der Waals surface area contributed by atoms with Gasteiger partial charge >= 0.3 is 5.56 Å². The van der Waals surface area contributed by atoms with Crippen molar-refractivity contribution in [3.05, 3.63) is 56.7 Å². The van der Waals surface area contributed by atoms with Crippen LogP contribution in [0.4, 0.5) is 9.52 Å². The highest BCUT2D eigenvalue weighted by atomic mass is 35.5. The van der Waals surface area contributed by atoms with Gasteiger partial charge in [0, 0.05) is 18.1 Å². The number of halogens is 2. The van der Waals surface area contributed by atoms with Crippen molar-refractivity contribution in [1.29, 1.82) is 0 Å². The van der Waals surface area contributed by atoms with Gasteiger partial charge in [0.25, 0.3) is 0 Å². The number of benzene rings is 1. The molecular weight excluding hydrogens is 417 g/mol. The van der Waals surface area contributed by atoms with Gasteiger partial charge in [-0.05, 0) is 30.9 Å². The number of aromatic nitrogens is 3. The number of aryl methyl sites for hydroxylation is 1. The molecule has 29 heavy (non-hydrogen) atoms. The molecule has 1 amide bonds. The fraction of sp³-hybridized carbons (Fsp3) is 0.368. The highest BCUT2D eigenvalue weighted by Crippen LogP contribution is 2.29. The van der Waals surface area contributed by atoms with E-state index in [0.717, 1.165) is 16.5 Å². The SMILES string of the molecule is CCc1nc2sc(N3CCCC3C(=O)NCc3ccccc3Cl)nn2c(=O)c1F. The second-order valence-corrected chi connectivity index (χ2v) is 8.11. The van der Waals surface area contributed by atoms with Crippen molar-refractivity contribution in [2.45, 2.75) is 38.8 Å². The average molecular weight is 436 g/mol. The molecule has 4 rings (SSSR count). The van der Waals surface area contributed by atoms with Crippen LogP contribution in [0.15, 0.2) is 29.1 Å². The first-order valence-corrected chi connectivity index (χ1v) is 10.5. The zero-order valence-corrected chi connectivity index (χ0v) is 17.3. The molecule has 1 aromatic carbocycles. The predicted molar refractivity (Wildman–Crippen MR) is 110 cm³/mol. The third-order valence-electron chi connectivity index (χ3n) is 4.96. The Labute approximate surface area is 175 Å². The van der Waals surface area contributed by atoms with Crippen LogP contribution < -0.4 is 15.8 Å². The van der Waals surface area contributed by atoms with Gasteiger partial charge in [0.15, 0.2) is 0 Å². The lowest BCUT2D eigenvalue weighted by molar-refractivity contribution is -0.122. The van der Waals surface area contributed by atoms with Gasteiger partial charge in [-0.25, -0.2) is 4.98 Å². The van der Waals surface area contributed by atoms with Crippen LogP contribution in [0.2, 0.25) is 5.02 Å². The van der Waals surface area contributed by atoms with Crippen molar-refractivity contribution in [2.75, 3.05) is 11.4 Å². The van der Waals surface area contributed by atoms with Crippen LogP contribution in [0.3, 0.4) is 0 Å². The van der Waals surface area contributed by atoms with Gasteiger partial charge in [-0.3, -0.25) is 9.59 Å². The van der Waals surface area contributed by atoms with E-state index in [0.29, 0.717) is 41.0 Å². The van der Waals surface area contributed by atoms with Crippen LogP contribution in [0.1, 0.15) is 31.0 Å². The number of carbonyl (C=O) groups is 1. The summed E-state index contributed by atoms with van der Waals surface area (Å²) in [4.78, 5) is 31.4. The summed E-state index contributed by atoms with van der Waals surface area (Å²) in [6.45, 7) is 2.69. The van der Waals surface area contributed by atoms with Crippen molar-refractivity contribution >= 4 is 38.9 Å². The molecule has 0 radical (unpaired) electrons. The molecule has 1 unspecified atom stereocenters. The van der Waals surface area contributed by atoms with Crippen molar-refractivity contribution in [3.8, 4) is 0 Å². The first kappa shape index (κ1) is 19.8. The second-order valence-electron chi connectivity index (χ2n) is 6.77. The molecule has 1 saturated heterocycles. The van der Waals surface area contributed by atoms with Crippen LogP contribution in [-0.2, 0) is 17.8 Å². The number of anilines is 1. The standard InChI is InChI=1S/C19H19ClFN5O2S/c1-2-13-15(21)17(28)26-18(23-13)29-19(24-26)25-9-5-8-14(25)16(27)22-10-11-6-3-4-7-12(11)20/h3-4,6-7,14H,2,5,8-10H2,1H3,(H,22,27). The Hall–Kier alpha value is -2.52. The number of fused-ring (bicyclic) bond motifs is 1. The van der Waals surface area contributed by atoms with Gasteiger partial charge < -0.3 is 10.2 Å². The van der Waals surface area contributed by atoms with Crippen LogP contribution in [0.5, 0.6) is 0 Å². The summed E-state index contributed by atoms with van der Waals surface area (Å²) in [5.41, 5.74) is 0.152. The van der Waals surface area contributed by atoms with E-state index in [-0.39, 0.29) is 11.6 Å². The molecule has 152 valence electrons. The maximum Gasteiger partial charge on any atom is 0.311 e. The number of nitrogens with one attached hydrogen (secondary N) is 1. The van der Waals surface area contributed by atoms with E-state index in [1.54, 1.807) is 13.0 Å². The Balaban J connectivity index is 1.56. The van der Waals surface area contributed by atoms with E-state index in [4.69, 9.17) is 11.6 Å². The van der Waals surface area contributed by atoms with Gasteiger partial charge in [-0.2, -0.15) is 8.91 Å². The second kappa shape index (κ2) is 8.08. The van der Waals surface area contributed by atoms with Gasteiger partial charge in [0.05, 0.1) is 5.69 Å². The van der Waals surface area contributed by atoms with Crippen molar-refractivity contribution in [1.82, 2.24) is 19.9 Å². The van der Waals surface area contributed by atoms with E-state index in [2.05, 4.69) is 15.4 Å². The molecule has 0 aliphatic carbocycles. The third-order valence-corrected chi connectivity index (χ3v) is 6.27. The Bertz CT molecular complexity index is 1130. The maximum atomic E-state index is 14.1. The third kappa shape index (κ3) is 3.72. The normalized spacial score (nSPS) is 16.5. The summed E-state index contributed by atoms with van der Waals surface area (Å²) in [6, 6.07) is 6.93. The molecule has 10 heteroatoms. The monoisotopic (exact) mass is 435 g/mol. The lowest BCUT2D eigenvalue weighted by Gasteiger charge is -2.22. The molecule has 3 aromatic rings. The Morgan fingerprint density at radius 1 is 1.41 bits per heavy atom. The summed E-state index contributed by atoms with van der Waals surface area (Å²) in [7, 11) is 0. The molecule has 1 N–H and O–H groups in total. The highest BCUT2D eigenvalue weighted by molar-refractivity contribution is 7.20. The molecular formula is C19H19ClFN5O2S. The summed E-state index contributed by atoms with van der Waals surface area (Å²) >= 11 is 7.33. The van der Waals surface area contributed by atoms with Crippen LogP contribution in [0.25, 0.3) is 4.96 Å². The number of amides is 1. The van der Waals surface area contributed by atoms with Crippen LogP contribution in [0, 0.1) is 5.82 Å². The molecule has 1 atom stereocenters. The van der Waals surface area contributed by atoms with E-state index in [1.165, 1.54) is 11.3 Å². The lowest BCUT2D eigenvalue weighted by atomic mass is 10.2. The largest absolute Gasteiger partial charge is 0.350 e. The van der Waals surface area contributed by atoms with Gasteiger partial charge in [-0.1, -0.05) is 48.1 Å². The fourth-order valence-corrected chi connectivity index (χ4v) is 4.61. The summed E-state index contributed by atoms with van der Waals surface area (Å²) in [5, 5.41) is 8.24. The molecule has 1 aliphatic rings. The number of hydrogen-bond donors (Lipinski definition) is 1. The predicted octanol–water partition coefficient (Wildman–Crippen LogP) is 2.79. The summed E-state index contributed by atoms with van der Waals surface area (Å²) in [5.74, 6) is -1.01. The van der Waals surface area contributed by atoms with E-state index < -0.39 is 17.4 Å². The topological polar surface area (TPSA) is 79.6 Å². The molecule has 0 bridgehead atoms. The first-order valence-electron chi connectivity index (χ1n) is 9.35. The van der Waals surface area contributed by atoms with Crippen LogP contribution >= 0.6 is 22.9 Å². The molecule has 1 fully saturated rings. The molecule has 0 saturated carbocycles. The highest BCUT2D eigenvalue weighted by Gasteiger charge is 2.33. The first-order chi connectivity index (χ1) is 14.0. The molecule has 7 nitrogen and oxygen atoms in total. The lowest BCUT2D eigenvalue weighted by Crippen LogP contribution is -2.43. The van der Waals surface area contributed by atoms with E-state index in [1.807, 2.05) is 23.1 Å². The Kier molecular flexibility index (Phi) is 5.51. The quantitative estimate of drug-likeness (QED) is 0.666. The molecule has 1 aliphatic heterocycles. The Morgan fingerprint density at radius 3 is 2.97 bits per heavy atom. The van der Waals surface area contributed by atoms with Gasteiger partial charge in [0.1, 0.15) is 6.04 Å². The Morgan fingerprint density at radius 2 is 2.21 bits per heavy atom. The van der Waals surface area contributed by atoms with Gasteiger partial charge in [-0.15, -0.1) is 5.10 Å². The maximum absolute atomic E-state index is 14.1. The van der Waals surface area contributed by atoms with Crippen molar-refractivity contribution in [3.63, 3.8) is 0 Å². The average Bonchev–Trinajstić information content (AvgIpc) is 3.36. The number of nitrogens with zero attached hydrogens (tertiary/aromatic N) is 4. The smallest absolute Gasteiger partial charge is 0.311 e. The minimum Gasteiger partial charge on any atom is -0.350 e. The number of rotatable bonds is 5. The number of carbonyl (C=O) groups excluding carboxylic acids is 1. The molecule has 3 heterocycles.